The molecule has 1 rings (SSSR count). The lowest BCUT2D eigenvalue weighted by Gasteiger charge is -2.18. The van der Waals surface area contributed by atoms with E-state index in [0.29, 0.717) is 15.1 Å². The number of rotatable bonds is 0. The Bertz CT molecular complexity index is 224. The first-order chi connectivity index (χ1) is 4.61. The minimum Gasteiger partial charge on any atom is -0.353 e. The van der Waals surface area contributed by atoms with E-state index in [4.69, 9.17) is 36.0 Å². The number of nitrogens with one attached hydrogen (secondary N) is 1. The highest BCUT2D eigenvalue weighted by atomic mass is 35.5. The number of nitrogens with zero attached hydrogens (tertiary/aromatic N) is 1. The second-order valence-electron chi connectivity index (χ2n) is 1.94. The summed E-state index contributed by atoms with van der Waals surface area (Å²) >= 11 is 15.3. The average molecular weight is 193 g/mol. The molecule has 0 aliphatic carbocycles. The third-order valence-corrected chi connectivity index (χ3v) is 2.29. The fraction of sp³-hybridized carbons (Fsp3) is 0.400. The van der Waals surface area contributed by atoms with E-state index in [0.717, 1.165) is 0 Å². The molecular weight excluding hydrogens is 188 g/mol. The smallest absolute Gasteiger partial charge is 0.194 e. The van der Waals surface area contributed by atoms with E-state index in [9.17, 15) is 0 Å². The lowest BCUT2D eigenvalue weighted by atomic mass is 10.2. The lowest BCUT2D eigenvalue weighted by Crippen LogP contribution is -2.42. The molecule has 0 aromatic carbocycles. The van der Waals surface area contributed by atoms with E-state index in [1.807, 2.05) is 6.92 Å². The van der Waals surface area contributed by atoms with Crippen LogP contribution in [0.25, 0.3) is 0 Å². The van der Waals surface area contributed by atoms with Crippen LogP contribution in [0.15, 0.2) is 4.99 Å². The Hall–Kier alpha value is -0.0600. The van der Waals surface area contributed by atoms with E-state index in [-0.39, 0.29) is 6.04 Å². The monoisotopic (exact) mass is 192 g/mol. The van der Waals surface area contributed by atoms with Gasteiger partial charge in [0.05, 0.1) is 10.9 Å². The number of hydrogen-bond acceptors (Lipinski definition) is 2. The highest BCUT2D eigenvalue weighted by molar-refractivity contribution is 7.83. The largest absolute Gasteiger partial charge is 0.353 e. The summed E-state index contributed by atoms with van der Waals surface area (Å²) in [4.78, 5) is 4.40. The van der Waals surface area contributed by atoms with Gasteiger partial charge in [0.2, 0.25) is 0 Å². The fourth-order valence-corrected chi connectivity index (χ4v) is 1.28. The van der Waals surface area contributed by atoms with Crippen molar-refractivity contribution < 1.29 is 0 Å². The maximum Gasteiger partial charge on any atom is 0.194 e. The molecule has 1 unspecified atom stereocenters. The molecular formula is C5H5ClN2S2. The fourth-order valence-electron chi connectivity index (χ4n) is 0.606. The van der Waals surface area contributed by atoms with E-state index >= 15 is 0 Å². The summed E-state index contributed by atoms with van der Waals surface area (Å²) < 4.78 is 0. The molecule has 0 fully saturated rings. The standard InChI is InChI=1S/C5H5ClN2S2/c1-2-3(9)4(6)8-5(10)7-2/h2H,1H3,(H,7,10). The van der Waals surface area contributed by atoms with Gasteiger partial charge in [0.25, 0.3) is 0 Å². The second kappa shape index (κ2) is 2.90. The molecule has 0 saturated heterocycles. The van der Waals surface area contributed by atoms with Crippen molar-refractivity contribution in [2.24, 2.45) is 4.99 Å². The zero-order chi connectivity index (χ0) is 7.72. The Labute approximate surface area is 74.7 Å². The van der Waals surface area contributed by atoms with E-state index in [1.54, 1.807) is 0 Å². The van der Waals surface area contributed by atoms with Gasteiger partial charge in [0, 0.05) is 0 Å². The molecule has 1 heterocycles. The molecule has 10 heavy (non-hydrogen) atoms. The predicted molar refractivity (Wildman–Crippen MR) is 51.1 cm³/mol. The van der Waals surface area contributed by atoms with Crippen LogP contribution in [0.4, 0.5) is 0 Å². The van der Waals surface area contributed by atoms with Crippen molar-refractivity contribution in [2.45, 2.75) is 13.0 Å². The summed E-state index contributed by atoms with van der Waals surface area (Å²) in [5.74, 6) is 0. The van der Waals surface area contributed by atoms with Crippen molar-refractivity contribution >= 4 is 51.2 Å². The van der Waals surface area contributed by atoms with Gasteiger partial charge in [0.15, 0.2) is 5.11 Å². The van der Waals surface area contributed by atoms with E-state index in [2.05, 4.69) is 10.3 Å². The summed E-state index contributed by atoms with van der Waals surface area (Å²) in [6, 6.07) is 0.0347. The van der Waals surface area contributed by atoms with Crippen molar-refractivity contribution in [1.29, 1.82) is 0 Å². The van der Waals surface area contributed by atoms with E-state index < -0.39 is 0 Å². The summed E-state index contributed by atoms with van der Waals surface area (Å²) in [6.07, 6.45) is 0. The van der Waals surface area contributed by atoms with Gasteiger partial charge in [-0.15, -0.1) is 0 Å². The molecule has 0 aromatic heterocycles. The molecule has 1 aliphatic rings. The zero-order valence-corrected chi connectivity index (χ0v) is 7.61. The molecule has 0 saturated carbocycles. The molecule has 54 valence electrons. The molecule has 2 nitrogen and oxygen atoms in total. The maximum absolute atomic E-state index is 5.64. The Morgan fingerprint density at radius 1 is 1.60 bits per heavy atom. The Morgan fingerprint density at radius 2 is 2.20 bits per heavy atom. The molecule has 1 N–H and O–H groups in total. The topological polar surface area (TPSA) is 24.4 Å². The molecule has 5 heteroatoms. The molecule has 0 aromatic rings. The van der Waals surface area contributed by atoms with Crippen molar-refractivity contribution in [1.82, 2.24) is 5.32 Å². The molecule has 0 amide bonds. The van der Waals surface area contributed by atoms with Crippen LogP contribution in [0.2, 0.25) is 0 Å². The van der Waals surface area contributed by atoms with Gasteiger partial charge in [-0.2, -0.15) is 0 Å². The zero-order valence-electron chi connectivity index (χ0n) is 5.22. The van der Waals surface area contributed by atoms with Crippen LogP contribution in [0.3, 0.4) is 0 Å². The first kappa shape index (κ1) is 8.04. The van der Waals surface area contributed by atoms with Gasteiger partial charge in [-0.3, -0.25) is 0 Å². The molecule has 1 atom stereocenters. The van der Waals surface area contributed by atoms with Gasteiger partial charge < -0.3 is 5.32 Å². The highest BCUT2D eigenvalue weighted by Gasteiger charge is 2.18. The minimum atomic E-state index is 0.0347. The quantitative estimate of drug-likeness (QED) is 0.585. The minimum absolute atomic E-state index is 0.0347. The summed E-state index contributed by atoms with van der Waals surface area (Å²) in [7, 11) is 0. The highest BCUT2D eigenvalue weighted by Crippen LogP contribution is 2.03. The van der Waals surface area contributed by atoms with Crippen molar-refractivity contribution in [3.63, 3.8) is 0 Å². The van der Waals surface area contributed by atoms with Crippen LogP contribution < -0.4 is 5.32 Å². The summed E-state index contributed by atoms with van der Waals surface area (Å²) in [6.45, 7) is 1.89. The SMILES string of the molecule is CC1NC(=S)N=C(Cl)C1=S. The van der Waals surface area contributed by atoms with Crippen LogP contribution in [0, 0.1) is 0 Å². The van der Waals surface area contributed by atoms with Gasteiger partial charge in [-0.05, 0) is 19.1 Å². The Kier molecular flexibility index (Phi) is 2.33. The maximum atomic E-state index is 5.64. The number of thiocarbonyl (C=S) groups is 2. The number of aliphatic imine (C=N–C) groups is 1. The third-order valence-electron chi connectivity index (χ3n) is 1.14. The Morgan fingerprint density at radius 3 is 2.70 bits per heavy atom. The van der Waals surface area contributed by atoms with Gasteiger partial charge in [-0.25, -0.2) is 4.99 Å². The molecule has 1 aliphatic heterocycles. The normalized spacial score (nSPS) is 25.8. The van der Waals surface area contributed by atoms with Crippen LogP contribution in [-0.4, -0.2) is 21.2 Å². The second-order valence-corrected chi connectivity index (χ2v) is 3.12. The molecule has 0 bridgehead atoms. The third kappa shape index (κ3) is 1.51. The van der Waals surface area contributed by atoms with Crippen LogP contribution in [0.1, 0.15) is 6.92 Å². The van der Waals surface area contributed by atoms with Gasteiger partial charge in [0.1, 0.15) is 5.17 Å². The Balaban J connectivity index is 2.91. The van der Waals surface area contributed by atoms with Crippen molar-refractivity contribution in [3.8, 4) is 0 Å². The summed E-state index contributed by atoms with van der Waals surface area (Å²) in [5.41, 5.74) is 0. The first-order valence-corrected chi connectivity index (χ1v) is 3.89. The van der Waals surface area contributed by atoms with Gasteiger partial charge in [-0.1, -0.05) is 23.8 Å². The molecule has 0 spiro atoms. The lowest BCUT2D eigenvalue weighted by molar-refractivity contribution is 0.859. The van der Waals surface area contributed by atoms with Crippen LogP contribution in [0.5, 0.6) is 0 Å². The first-order valence-electron chi connectivity index (χ1n) is 2.70. The predicted octanol–water partition coefficient (Wildman–Crippen LogP) is 1.27. The van der Waals surface area contributed by atoms with Crippen LogP contribution >= 0.6 is 36.0 Å². The average Bonchev–Trinajstić information content (AvgIpc) is 1.82. The number of halogens is 1. The van der Waals surface area contributed by atoms with Crippen molar-refractivity contribution in [2.75, 3.05) is 0 Å². The van der Waals surface area contributed by atoms with Crippen molar-refractivity contribution in [3.05, 3.63) is 0 Å². The molecule has 0 radical (unpaired) electrons. The van der Waals surface area contributed by atoms with E-state index in [1.165, 1.54) is 0 Å². The summed E-state index contributed by atoms with van der Waals surface area (Å²) in [5, 5.41) is 3.63. The van der Waals surface area contributed by atoms with Crippen LogP contribution in [-0.2, 0) is 0 Å². The number of hydrogen-bond donors (Lipinski definition) is 1. The van der Waals surface area contributed by atoms with Gasteiger partial charge >= 0.3 is 0 Å².